The first kappa shape index (κ1) is 16.3. The monoisotopic (exact) mass is 347 g/mol. The Morgan fingerprint density at radius 1 is 0.913 bits per heavy atom. The van der Waals surface area contributed by atoms with Gasteiger partial charge >= 0.3 is 0 Å². The number of rotatable bonds is 4. The van der Waals surface area contributed by atoms with E-state index in [-0.39, 0.29) is 0 Å². The van der Waals surface area contributed by atoms with E-state index < -0.39 is 0 Å². The molecule has 1 heterocycles. The predicted molar refractivity (Wildman–Crippen MR) is 97.3 cm³/mol. The first-order chi connectivity index (χ1) is 11.2. The molecule has 0 radical (unpaired) electrons. The van der Waals surface area contributed by atoms with Crippen LogP contribution in [0.2, 0.25) is 10.0 Å². The summed E-state index contributed by atoms with van der Waals surface area (Å²) in [5.41, 5.74) is 2.25. The largest absolute Gasteiger partial charge is 0.295 e. The maximum Gasteiger partial charge on any atom is 0.0557 e. The minimum absolute atomic E-state index is 0.734. The number of halogens is 2. The molecule has 2 aromatic carbocycles. The van der Waals surface area contributed by atoms with Crippen molar-refractivity contribution in [2.75, 3.05) is 26.2 Å². The van der Waals surface area contributed by atoms with Gasteiger partial charge in [-0.2, -0.15) is 5.10 Å². The Hall–Kier alpha value is -1.55. The van der Waals surface area contributed by atoms with Crippen LogP contribution in [0.3, 0.4) is 0 Å². The first-order valence-corrected chi connectivity index (χ1v) is 8.46. The van der Waals surface area contributed by atoms with Crippen LogP contribution in [0.25, 0.3) is 0 Å². The molecule has 2 aromatic rings. The van der Waals surface area contributed by atoms with E-state index in [2.05, 4.69) is 27.1 Å². The number of piperazine rings is 1. The standard InChI is InChI=1S/C18H19Cl2N3/c19-17-7-5-15(6-8-17)14-22-9-11-23(12-10-22)21-13-16-3-1-2-4-18(16)20/h1-8,13H,9-12,14H2/b21-13+. The molecule has 3 nitrogen and oxygen atoms in total. The lowest BCUT2D eigenvalue weighted by atomic mass is 10.2. The number of nitrogens with zero attached hydrogens (tertiary/aromatic N) is 3. The zero-order chi connectivity index (χ0) is 16.1. The summed E-state index contributed by atoms with van der Waals surface area (Å²) >= 11 is 12.1. The SMILES string of the molecule is Clc1ccc(CN2CCN(/N=C/c3ccccc3Cl)CC2)cc1. The van der Waals surface area contributed by atoms with Crippen molar-refractivity contribution in [1.82, 2.24) is 9.91 Å². The highest BCUT2D eigenvalue weighted by atomic mass is 35.5. The van der Waals surface area contributed by atoms with E-state index in [4.69, 9.17) is 23.2 Å². The van der Waals surface area contributed by atoms with Crippen molar-refractivity contribution in [2.24, 2.45) is 5.10 Å². The zero-order valence-corrected chi connectivity index (χ0v) is 14.3. The molecule has 0 atom stereocenters. The van der Waals surface area contributed by atoms with E-state index in [1.807, 2.05) is 42.6 Å². The van der Waals surface area contributed by atoms with Crippen LogP contribution < -0.4 is 0 Å². The van der Waals surface area contributed by atoms with Gasteiger partial charge < -0.3 is 0 Å². The second kappa shape index (κ2) is 7.82. The minimum atomic E-state index is 0.734. The van der Waals surface area contributed by atoms with Gasteiger partial charge in [-0.1, -0.05) is 53.5 Å². The number of hydrazone groups is 1. The van der Waals surface area contributed by atoms with Gasteiger partial charge in [0.2, 0.25) is 0 Å². The molecule has 1 saturated heterocycles. The number of benzene rings is 2. The van der Waals surface area contributed by atoms with Gasteiger partial charge in [-0.05, 0) is 23.8 Å². The van der Waals surface area contributed by atoms with Crippen molar-refractivity contribution in [3.8, 4) is 0 Å². The van der Waals surface area contributed by atoms with Gasteiger partial charge in [0.05, 0.1) is 6.21 Å². The van der Waals surface area contributed by atoms with Crippen LogP contribution in [0.1, 0.15) is 11.1 Å². The third-order valence-electron chi connectivity index (χ3n) is 3.93. The van der Waals surface area contributed by atoms with E-state index in [1.54, 1.807) is 0 Å². The minimum Gasteiger partial charge on any atom is -0.295 e. The third kappa shape index (κ3) is 4.71. The number of hydrogen-bond donors (Lipinski definition) is 0. The summed E-state index contributed by atoms with van der Waals surface area (Å²) in [5, 5.41) is 8.16. The Balaban J connectivity index is 1.50. The molecule has 0 spiro atoms. The fourth-order valence-electron chi connectivity index (χ4n) is 2.58. The van der Waals surface area contributed by atoms with E-state index in [0.717, 1.165) is 48.3 Å². The van der Waals surface area contributed by atoms with Gasteiger partial charge in [-0.3, -0.25) is 9.91 Å². The molecule has 0 unspecified atom stereocenters. The van der Waals surface area contributed by atoms with Gasteiger partial charge in [-0.15, -0.1) is 0 Å². The van der Waals surface area contributed by atoms with Crippen molar-refractivity contribution in [1.29, 1.82) is 0 Å². The Labute approximate surface area is 147 Å². The number of hydrogen-bond acceptors (Lipinski definition) is 3. The summed E-state index contributed by atoms with van der Waals surface area (Å²) in [5.74, 6) is 0. The van der Waals surface area contributed by atoms with Gasteiger partial charge in [-0.25, -0.2) is 0 Å². The van der Waals surface area contributed by atoms with Crippen LogP contribution in [-0.2, 0) is 6.54 Å². The molecule has 23 heavy (non-hydrogen) atoms. The van der Waals surface area contributed by atoms with Crippen LogP contribution in [0.5, 0.6) is 0 Å². The van der Waals surface area contributed by atoms with E-state index in [0.29, 0.717) is 0 Å². The van der Waals surface area contributed by atoms with Gasteiger partial charge in [0, 0.05) is 48.3 Å². The molecular weight excluding hydrogens is 329 g/mol. The van der Waals surface area contributed by atoms with Crippen molar-refractivity contribution >= 4 is 29.4 Å². The summed E-state index contributed by atoms with van der Waals surface area (Å²) in [4.78, 5) is 2.44. The van der Waals surface area contributed by atoms with E-state index in [9.17, 15) is 0 Å². The highest BCUT2D eigenvalue weighted by Gasteiger charge is 2.15. The Morgan fingerprint density at radius 2 is 1.61 bits per heavy atom. The van der Waals surface area contributed by atoms with Crippen LogP contribution >= 0.6 is 23.2 Å². The molecule has 1 aliphatic heterocycles. The third-order valence-corrected chi connectivity index (χ3v) is 4.53. The highest BCUT2D eigenvalue weighted by Crippen LogP contribution is 2.14. The van der Waals surface area contributed by atoms with Gasteiger partial charge in [0.15, 0.2) is 0 Å². The first-order valence-electron chi connectivity index (χ1n) is 7.71. The fourth-order valence-corrected chi connectivity index (χ4v) is 2.89. The second-order valence-electron chi connectivity index (χ2n) is 5.62. The molecule has 5 heteroatoms. The molecule has 0 aromatic heterocycles. The summed E-state index contributed by atoms with van der Waals surface area (Å²) < 4.78 is 0. The van der Waals surface area contributed by atoms with E-state index in [1.165, 1.54) is 5.56 Å². The quantitative estimate of drug-likeness (QED) is 0.773. The predicted octanol–water partition coefficient (Wildman–Crippen LogP) is 4.15. The van der Waals surface area contributed by atoms with Crippen LogP contribution in [-0.4, -0.2) is 42.3 Å². The average Bonchev–Trinajstić information content (AvgIpc) is 2.58. The molecule has 0 saturated carbocycles. The fraction of sp³-hybridized carbons (Fsp3) is 0.278. The van der Waals surface area contributed by atoms with Gasteiger partial charge in [0.25, 0.3) is 0 Å². The molecule has 3 rings (SSSR count). The Kier molecular flexibility index (Phi) is 5.55. The molecule has 120 valence electrons. The molecule has 0 bridgehead atoms. The molecule has 1 fully saturated rings. The Morgan fingerprint density at radius 3 is 2.30 bits per heavy atom. The lowest BCUT2D eigenvalue weighted by molar-refractivity contribution is 0.131. The average molecular weight is 348 g/mol. The summed E-state index contributed by atoms with van der Waals surface area (Å²) in [6.07, 6.45) is 1.84. The molecule has 1 aliphatic rings. The summed E-state index contributed by atoms with van der Waals surface area (Å²) in [6.45, 7) is 4.81. The van der Waals surface area contributed by atoms with Crippen molar-refractivity contribution < 1.29 is 0 Å². The topological polar surface area (TPSA) is 18.8 Å². The summed E-state index contributed by atoms with van der Waals surface area (Å²) in [6, 6.07) is 15.8. The normalized spacial score (nSPS) is 16.2. The maximum atomic E-state index is 6.14. The van der Waals surface area contributed by atoms with Crippen molar-refractivity contribution in [2.45, 2.75) is 6.54 Å². The molecular formula is C18H19Cl2N3. The molecule has 0 aliphatic carbocycles. The molecule has 0 amide bonds. The lowest BCUT2D eigenvalue weighted by Crippen LogP contribution is -2.43. The zero-order valence-electron chi connectivity index (χ0n) is 12.8. The van der Waals surface area contributed by atoms with Crippen LogP contribution in [0, 0.1) is 0 Å². The van der Waals surface area contributed by atoms with Crippen molar-refractivity contribution in [3.05, 3.63) is 69.7 Å². The summed E-state index contributed by atoms with van der Waals surface area (Å²) in [7, 11) is 0. The van der Waals surface area contributed by atoms with E-state index >= 15 is 0 Å². The maximum absolute atomic E-state index is 6.14. The van der Waals surface area contributed by atoms with Gasteiger partial charge in [0.1, 0.15) is 0 Å². The smallest absolute Gasteiger partial charge is 0.0557 e. The highest BCUT2D eigenvalue weighted by molar-refractivity contribution is 6.33. The Bertz CT molecular complexity index is 662. The van der Waals surface area contributed by atoms with Crippen molar-refractivity contribution in [3.63, 3.8) is 0 Å². The molecule has 0 N–H and O–H groups in total. The second-order valence-corrected chi connectivity index (χ2v) is 6.47. The van der Waals surface area contributed by atoms with Crippen LogP contribution in [0.4, 0.5) is 0 Å². The van der Waals surface area contributed by atoms with Crippen LogP contribution in [0.15, 0.2) is 53.6 Å². The lowest BCUT2D eigenvalue weighted by Gasteiger charge is -2.33.